The quantitative estimate of drug-likeness (QED) is 0.675. The highest BCUT2D eigenvalue weighted by Crippen LogP contribution is 2.66. The Kier molecular flexibility index (Phi) is 3.05. The molecular formula is C19H32O. The average Bonchev–Trinajstić information content (AvgIpc) is 2.81. The molecule has 0 spiro atoms. The maximum atomic E-state index is 10.9. The predicted octanol–water partition coefficient (Wildman–Crippen LogP) is 4.78. The summed E-state index contributed by atoms with van der Waals surface area (Å²) in [5.41, 5.74) is 1.13. The topological polar surface area (TPSA) is 20.2 Å². The highest BCUT2D eigenvalue weighted by Gasteiger charge is 2.59. The first-order valence-corrected chi connectivity index (χ1v) is 9.23. The van der Waals surface area contributed by atoms with Gasteiger partial charge in [0.1, 0.15) is 0 Å². The predicted molar refractivity (Wildman–Crippen MR) is 82.4 cm³/mol. The molecule has 0 radical (unpaired) electrons. The third-order valence-corrected chi connectivity index (χ3v) is 8.38. The molecule has 7 atom stereocenters. The lowest BCUT2D eigenvalue weighted by atomic mass is 9.45. The van der Waals surface area contributed by atoms with Crippen LogP contribution in [0, 0.1) is 34.5 Å². The van der Waals surface area contributed by atoms with Crippen molar-refractivity contribution in [2.75, 3.05) is 0 Å². The number of fused-ring (bicyclic) bond motifs is 5. The van der Waals surface area contributed by atoms with E-state index in [1.165, 1.54) is 57.8 Å². The number of hydrogen-bond donors (Lipinski definition) is 1. The fourth-order valence-corrected chi connectivity index (χ4v) is 7.25. The van der Waals surface area contributed by atoms with Crippen LogP contribution in [-0.4, -0.2) is 11.2 Å². The van der Waals surface area contributed by atoms with Crippen LogP contribution in [0.2, 0.25) is 0 Å². The molecule has 0 aromatic rings. The minimum absolute atomic E-state index is 0.0129. The molecule has 4 fully saturated rings. The van der Waals surface area contributed by atoms with Gasteiger partial charge in [0.25, 0.3) is 0 Å². The van der Waals surface area contributed by atoms with Crippen LogP contribution in [0.15, 0.2) is 0 Å². The van der Waals surface area contributed by atoms with E-state index in [2.05, 4.69) is 13.8 Å². The summed E-state index contributed by atoms with van der Waals surface area (Å²) in [6.07, 6.45) is 13.9. The fourth-order valence-electron chi connectivity index (χ4n) is 7.25. The van der Waals surface area contributed by atoms with Crippen LogP contribution in [0.5, 0.6) is 0 Å². The van der Waals surface area contributed by atoms with Crippen molar-refractivity contribution in [3.63, 3.8) is 0 Å². The molecule has 20 heavy (non-hydrogen) atoms. The van der Waals surface area contributed by atoms with Gasteiger partial charge in [0.15, 0.2) is 0 Å². The lowest BCUT2D eigenvalue weighted by Gasteiger charge is -2.61. The van der Waals surface area contributed by atoms with Crippen molar-refractivity contribution in [1.29, 1.82) is 0 Å². The number of aliphatic hydroxyl groups is 1. The van der Waals surface area contributed by atoms with E-state index in [4.69, 9.17) is 0 Å². The standard InChI is InChI=1S/C19H32O/c1-18-9-5-7-14(18)17-15(8-11-18)19(2)10-4-3-6-13(19)12-16(17)20/h13-17,20H,3-12H2,1-2H3/t13-,14-,15-,16-,17+,18-,19+/m1/s1. The van der Waals surface area contributed by atoms with Crippen LogP contribution in [-0.2, 0) is 0 Å². The SMILES string of the molecule is C[C@]12CCC[C@@H]1[C@@H]1[C@H](O)C[C@H]3CCCC[C@]3(C)[C@@H]1CC2. The van der Waals surface area contributed by atoms with E-state index in [1.54, 1.807) is 0 Å². The summed E-state index contributed by atoms with van der Waals surface area (Å²) in [5.74, 6) is 3.11. The summed E-state index contributed by atoms with van der Waals surface area (Å²) in [4.78, 5) is 0. The molecule has 4 aliphatic carbocycles. The Morgan fingerprint density at radius 1 is 0.850 bits per heavy atom. The number of aliphatic hydroxyl groups excluding tert-OH is 1. The Morgan fingerprint density at radius 2 is 1.70 bits per heavy atom. The van der Waals surface area contributed by atoms with Gasteiger partial charge in [-0.3, -0.25) is 0 Å². The monoisotopic (exact) mass is 276 g/mol. The first kappa shape index (κ1) is 13.6. The Morgan fingerprint density at radius 3 is 2.55 bits per heavy atom. The van der Waals surface area contributed by atoms with E-state index >= 15 is 0 Å². The van der Waals surface area contributed by atoms with E-state index in [1.807, 2.05) is 0 Å². The maximum Gasteiger partial charge on any atom is 0.0577 e. The van der Waals surface area contributed by atoms with E-state index in [0.29, 0.717) is 16.7 Å². The van der Waals surface area contributed by atoms with Gasteiger partial charge in [-0.2, -0.15) is 0 Å². The maximum absolute atomic E-state index is 10.9. The van der Waals surface area contributed by atoms with Crippen LogP contribution >= 0.6 is 0 Å². The molecule has 0 bridgehead atoms. The average molecular weight is 276 g/mol. The van der Waals surface area contributed by atoms with Gasteiger partial charge in [0, 0.05) is 0 Å². The number of rotatable bonds is 0. The van der Waals surface area contributed by atoms with E-state index < -0.39 is 0 Å². The largest absolute Gasteiger partial charge is 0.393 e. The molecule has 1 nitrogen and oxygen atoms in total. The molecule has 4 saturated carbocycles. The zero-order valence-corrected chi connectivity index (χ0v) is 13.4. The van der Waals surface area contributed by atoms with Crippen molar-refractivity contribution in [2.45, 2.75) is 84.2 Å². The Hall–Kier alpha value is -0.0400. The van der Waals surface area contributed by atoms with Crippen molar-refractivity contribution >= 4 is 0 Å². The lowest BCUT2D eigenvalue weighted by molar-refractivity contribution is -0.157. The van der Waals surface area contributed by atoms with Crippen LogP contribution in [0.1, 0.15) is 78.1 Å². The van der Waals surface area contributed by atoms with Gasteiger partial charge in [0.2, 0.25) is 0 Å². The second-order valence-corrected chi connectivity index (χ2v) is 9.13. The minimum Gasteiger partial charge on any atom is -0.393 e. The first-order valence-electron chi connectivity index (χ1n) is 9.23. The van der Waals surface area contributed by atoms with E-state index in [9.17, 15) is 5.11 Å². The second-order valence-electron chi connectivity index (χ2n) is 9.13. The van der Waals surface area contributed by atoms with Gasteiger partial charge < -0.3 is 5.11 Å². The molecule has 1 heteroatoms. The summed E-state index contributed by atoms with van der Waals surface area (Å²) in [6, 6.07) is 0. The molecule has 0 unspecified atom stereocenters. The molecule has 114 valence electrons. The van der Waals surface area contributed by atoms with Gasteiger partial charge in [-0.05, 0) is 79.4 Å². The third-order valence-electron chi connectivity index (χ3n) is 8.38. The molecule has 0 aromatic heterocycles. The zero-order valence-electron chi connectivity index (χ0n) is 13.4. The highest BCUT2D eigenvalue weighted by atomic mass is 16.3. The van der Waals surface area contributed by atoms with Gasteiger partial charge in [-0.25, -0.2) is 0 Å². The molecule has 4 rings (SSSR count). The van der Waals surface area contributed by atoms with E-state index in [-0.39, 0.29) is 6.10 Å². The Labute approximate surface area is 124 Å². The molecule has 0 heterocycles. The van der Waals surface area contributed by atoms with Crippen molar-refractivity contribution in [3.05, 3.63) is 0 Å². The summed E-state index contributed by atoms with van der Waals surface area (Å²) in [7, 11) is 0. The van der Waals surface area contributed by atoms with Crippen molar-refractivity contribution in [3.8, 4) is 0 Å². The van der Waals surface area contributed by atoms with Crippen LogP contribution in [0.25, 0.3) is 0 Å². The molecule has 0 saturated heterocycles. The molecular weight excluding hydrogens is 244 g/mol. The minimum atomic E-state index is 0.0129. The highest BCUT2D eigenvalue weighted by molar-refractivity contribution is 5.09. The lowest BCUT2D eigenvalue weighted by Crippen LogP contribution is -2.56. The van der Waals surface area contributed by atoms with Gasteiger partial charge in [0.05, 0.1) is 6.10 Å². The van der Waals surface area contributed by atoms with E-state index in [0.717, 1.165) is 24.2 Å². The number of hydrogen-bond acceptors (Lipinski definition) is 1. The molecule has 0 aliphatic heterocycles. The fraction of sp³-hybridized carbons (Fsp3) is 1.00. The van der Waals surface area contributed by atoms with Crippen molar-refractivity contribution in [1.82, 2.24) is 0 Å². The van der Waals surface area contributed by atoms with Crippen LogP contribution in [0.4, 0.5) is 0 Å². The Balaban J connectivity index is 1.69. The van der Waals surface area contributed by atoms with Crippen LogP contribution in [0.3, 0.4) is 0 Å². The van der Waals surface area contributed by atoms with Gasteiger partial charge in [-0.1, -0.05) is 33.1 Å². The summed E-state index contributed by atoms with van der Waals surface area (Å²) < 4.78 is 0. The normalized spacial score (nSPS) is 58.6. The molecule has 0 aromatic carbocycles. The molecule has 4 aliphatic rings. The summed E-state index contributed by atoms with van der Waals surface area (Å²) >= 11 is 0. The molecule has 1 N–H and O–H groups in total. The summed E-state index contributed by atoms with van der Waals surface area (Å²) in [6.45, 7) is 5.13. The van der Waals surface area contributed by atoms with Crippen molar-refractivity contribution in [2.24, 2.45) is 34.5 Å². The smallest absolute Gasteiger partial charge is 0.0577 e. The van der Waals surface area contributed by atoms with Gasteiger partial charge >= 0.3 is 0 Å². The second kappa shape index (κ2) is 4.48. The zero-order chi connectivity index (χ0) is 14.0. The third kappa shape index (κ3) is 1.71. The Bertz CT molecular complexity index is 391. The van der Waals surface area contributed by atoms with Crippen molar-refractivity contribution < 1.29 is 5.11 Å². The summed E-state index contributed by atoms with van der Waals surface area (Å²) in [5, 5.41) is 10.9. The first-order chi connectivity index (χ1) is 9.55. The molecule has 0 amide bonds. The van der Waals surface area contributed by atoms with Crippen LogP contribution < -0.4 is 0 Å². The van der Waals surface area contributed by atoms with Gasteiger partial charge in [-0.15, -0.1) is 0 Å².